The quantitative estimate of drug-likeness (QED) is 0.628. The molecule has 4 bridgehead atoms. The summed E-state index contributed by atoms with van der Waals surface area (Å²) in [6.07, 6.45) is 1.75. The third-order valence-corrected chi connectivity index (χ3v) is 8.06. The lowest BCUT2D eigenvalue weighted by Gasteiger charge is -2.38. The van der Waals surface area contributed by atoms with E-state index < -0.39 is 0 Å². The number of piperazine rings is 1. The predicted molar refractivity (Wildman–Crippen MR) is 150 cm³/mol. The Kier molecular flexibility index (Phi) is 8.35. The van der Waals surface area contributed by atoms with Crippen LogP contribution in [0, 0.1) is 13.8 Å². The molecule has 0 aliphatic carbocycles. The lowest BCUT2D eigenvalue weighted by atomic mass is 10.1. The molecule has 0 radical (unpaired) electrons. The molecule has 39 heavy (non-hydrogen) atoms. The molecule has 2 fully saturated rings. The van der Waals surface area contributed by atoms with Crippen LogP contribution in [0.4, 0.5) is 5.69 Å². The summed E-state index contributed by atoms with van der Waals surface area (Å²) in [5.74, 6) is 0.386. The minimum atomic E-state index is -0.188. The maximum atomic E-state index is 13.7. The van der Waals surface area contributed by atoms with Gasteiger partial charge in [0.15, 0.2) is 0 Å². The zero-order valence-corrected chi connectivity index (χ0v) is 22.9. The van der Waals surface area contributed by atoms with Gasteiger partial charge in [-0.05, 0) is 62.1 Å². The Labute approximate surface area is 230 Å². The van der Waals surface area contributed by atoms with E-state index in [9.17, 15) is 14.4 Å². The van der Waals surface area contributed by atoms with Crippen molar-refractivity contribution >= 4 is 23.4 Å². The molecule has 2 aromatic rings. The van der Waals surface area contributed by atoms with Gasteiger partial charge in [0.05, 0.1) is 13.1 Å². The number of rotatable bonds is 3. The van der Waals surface area contributed by atoms with Crippen molar-refractivity contribution in [3.05, 3.63) is 59.2 Å². The second-order valence-electron chi connectivity index (χ2n) is 10.9. The van der Waals surface area contributed by atoms with Gasteiger partial charge >= 0.3 is 0 Å². The number of amides is 3. The van der Waals surface area contributed by atoms with E-state index in [2.05, 4.69) is 51.6 Å². The Bertz CT molecular complexity index is 1210. The van der Waals surface area contributed by atoms with Crippen LogP contribution in [0.15, 0.2) is 42.5 Å². The normalized spacial score (nSPS) is 22.8. The summed E-state index contributed by atoms with van der Waals surface area (Å²) in [7, 11) is 0. The van der Waals surface area contributed by atoms with Gasteiger partial charge < -0.3 is 25.2 Å². The second-order valence-corrected chi connectivity index (χ2v) is 10.9. The van der Waals surface area contributed by atoms with E-state index in [4.69, 9.17) is 4.74 Å². The Morgan fingerprint density at radius 3 is 2.56 bits per heavy atom. The van der Waals surface area contributed by atoms with Gasteiger partial charge in [0.2, 0.25) is 11.8 Å². The van der Waals surface area contributed by atoms with E-state index in [1.807, 2.05) is 17.9 Å². The van der Waals surface area contributed by atoms with Crippen LogP contribution in [0.1, 0.15) is 40.7 Å². The predicted octanol–water partition coefficient (Wildman–Crippen LogP) is 2.11. The second kappa shape index (κ2) is 12.1. The van der Waals surface area contributed by atoms with Crippen molar-refractivity contribution in [3.8, 4) is 5.75 Å². The summed E-state index contributed by atoms with van der Waals surface area (Å²) in [6, 6.07) is 13.6. The molecule has 9 nitrogen and oxygen atoms in total. The topological polar surface area (TPSA) is 94.2 Å². The Morgan fingerprint density at radius 2 is 1.77 bits per heavy atom. The van der Waals surface area contributed by atoms with E-state index in [1.54, 1.807) is 12.1 Å². The van der Waals surface area contributed by atoms with Crippen LogP contribution in [-0.2, 0) is 9.59 Å². The lowest BCUT2D eigenvalue weighted by molar-refractivity contribution is -0.136. The molecular weight excluding hydrogens is 494 g/mol. The first-order valence-corrected chi connectivity index (χ1v) is 14.0. The molecule has 9 heteroatoms. The number of ether oxygens (including phenoxy) is 1. The number of nitrogens with zero attached hydrogens (tertiary/aromatic N) is 3. The molecule has 3 aliphatic heterocycles. The SMILES string of the molecule is Cc1cccc(N2CCN(CC(=O)N3[C@@H]4CC[C@H]3CC(=O)NCCOc3cc(ccc3C)C(=O)NC4)CC2)c1. The molecule has 0 unspecified atom stereocenters. The van der Waals surface area contributed by atoms with Crippen LogP contribution >= 0.6 is 0 Å². The number of fused-ring (bicyclic) bond motifs is 4. The molecular formula is C30H39N5O4. The highest BCUT2D eigenvalue weighted by atomic mass is 16.5. The fraction of sp³-hybridized carbons (Fsp3) is 0.500. The first-order chi connectivity index (χ1) is 18.9. The van der Waals surface area contributed by atoms with Crippen molar-refractivity contribution in [2.45, 2.75) is 45.2 Å². The van der Waals surface area contributed by atoms with Gasteiger partial charge in [0.25, 0.3) is 5.91 Å². The molecule has 3 aliphatic rings. The van der Waals surface area contributed by atoms with Gasteiger partial charge in [-0.2, -0.15) is 0 Å². The maximum absolute atomic E-state index is 13.7. The summed E-state index contributed by atoms with van der Waals surface area (Å²) < 4.78 is 5.83. The monoisotopic (exact) mass is 533 g/mol. The zero-order chi connectivity index (χ0) is 27.4. The molecule has 5 rings (SSSR count). The summed E-state index contributed by atoms with van der Waals surface area (Å²) in [6.45, 7) is 8.70. The fourth-order valence-corrected chi connectivity index (χ4v) is 5.88. The van der Waals surface area contributed by atoms with Gasteiger partial charge in [-0.25, -0.2) is 0 Å². The van der Waals surface area contributed by atoms with Crippen LogP contribution in [-0.4, -0.2) is 92.0 Å². The molecule has 2 N–H and O–H groups in total. The van der Waals surface area contributed by atoms with E-state index in [-0.39, 0.29) is 36.2 Å². The summed E-state index contributed by atoms with van der Waals surface area (Å²) in [4.78, 5) is 45.9. The molecule has 0 saturated carbocycles. The average molecular weight is 534 g/mol. The van der Waals surface area contributed by atoms with Crippen LogP contribution in [0.2, 0.25) is 0 Å². The van der Waals surface area contributed by atoms with Crippen molar-refractivity contribution < 1.29 is 19.1 Å². The highest BCUT2D eigenvalue weighted by molar-refractivity contribution is 5.94. The van der Waals surface area contributed by atoms with Crippen LogP contribution in [0.3, 0.4) is 0 Å². The van der Waals surface area contributed by atoms with Gasteiger partial charge in [-0.15, -0.1) is 0 Å². The molecule has 2 aromatic carbocycles. The summed E-state index contributed by atoms with van der Waals surface area (Å²) >= 11 is 0. The van der Waals surface area contributed by atoms with Gasteiger partial charge in [0.1, 0.15) is 12.4 Å². The van der Waals surface area contributed by atoms with E-state index >= 15 is 0 Å². The number of carbonyl (C=O) groups excluding carboxylic acids is 3. The summed E-state index contributed by atoms with van der Waals surface area (Å²) in [5.41, 5.74) is 3.91. The van der Waals surface area contributed by atoms with Crippen molar-refractivity contribution in [3.63, 3.8) is 0 Å². The fourth-order valence-electron chi connectivity index (χ4n) is 5.88. The molecule has 3 heterocycles. The zero-order valence-electron chi connectivity index (χ0n) is 22.9. The minimum Gasteiger partial charge on any atom is -0.491 e. The number of benzene rings is 2. The highest BCUT2D eigenvalue weighted by Gasteiger charge is 2.38. The number of nitrogens with one attached hydrogen (secondary N) is 2. The summed E-state index contributed by atoms with van der Waals surface area (Å²) in [5, 5.41) is 5.96. The number of carbonyl (C=O) groups is 3. The minimum absolute atomic E-state index is 0.0267. The van der Waals surface area contributed by atoms with Crippen molar-refractivity contribution in [2.75, 3.05) is 57.3 Å². The smallest absolute Gasteiger partial charge is 0.251 e. The molecule has 0 aromatic heterocycles. The number of aryl methyl sites for hydroxylation is 2. The molecule has 2 atom stereocenters. The Balaban J connectivity index is 1.25. The molecule has 2 saturated heterocycles. The standard InChI is InChI=1S/C30H39N5O4/c1-21-4-3-5-24(16-21)34-13-11-33(12-14-34)20-29(37)35-25-8-9-26(35)19-32-30(38)23-7-6-22(2)27(17-23)39-15-10-31-28(36)18-25/h3-7,16-17,25-26H,8-15,18-20H2,1-2H3,(H,31,36)(H,32,38)/t25-,26+/m0/s1. The van der Waals surface area contributed by atoms with Gasteiger partial charge in [-0.3, -0.25) is 19.3 Å². The van der Waals surface area contributed by atoms with Crippen LogP contribution < -0.4 is 20.3 Å². The van der Waals surface area contributed by atoms with Gasteiger partial charge in [-0.1, -0.05) is 18.2 Å². The van der Waals surface area contributed by atoms with E-state index in [1.165, 1.54) is 11.3 Å². The third-order valence-electron chi connectivity index (χ3n) is 8.06. The van der Waals surface area contributed by atoms with Crippen molar-refractivity contribution in [2.24, 2.45) is 0 Å². The van der Waals surface area contributed by atoms with Crippen molar-refractivity contribution in [1.29, 1.82) is 0 Å². The first kappa shape index (κ1) is 27.0. The van der Waals surface area contributed by atoms with Gasteiger partial charge in [0, 0.05) is 62.5 Å². The molecule has 3 amide bonds. The van der Waals surface area contributed by atoms with Crippen LogP contribution in [0.5, 0.6) is 5.75 Å². The van der Waals surface area contributed by atoms with E-state index in [0.717, 1.165) is 44.6 Å². The van der Waals surface area contributed by atoms with Crippen LogP contribution in [0.25, 0.3) is 0 Å². The maximum Gasteiger partial charge on any atom is 0.251 e. The van der Waals surface area contributed by atoms with Crippen molar-refractivity contribution in [1.82, 2.24) is 20.4 Å². The largest absolute Gasteiger partial charge is 0.491 e. The first-order valence-electron chi connectivity index (χ1n) is 14.0. The van der Waals surface area contributed by atoms with E-state index in [0.29, 0.717) is 37.6 Å². The number of hydrogen-bond donors (Lipinski definition) is 2. The average Bonchev–Trinajstić information content (AvgIpc) is 3.32. The Morgan fingerprint density at radius 1 is 0.974 bits per heavy atom. The number of hydrogen-bond acceptors (Lipinski definition) is 6. The Hall–Kier alpha value is -3.59. The highest BCUT2D eigenvalue weighted by Crippen LogP contribution is 2.28. The number of anilines is 1. The molecule has 0 spiro atoms. The lowest BCUT2D eigenvalue weighted by Crippen LogP contribution is -2.54. The molecule has 208 valence electrons. The third kappa shape index (κ3) is 6.53.